The number of aliphatic hydroxyl groups is 1. The molecule has 1 aromatic rings. The number of hydrogen-bond acceptors (Lipinski definition) is 5. The summed E-state index contributed by atoms with van der Waals surface area (Å²) in [5, 5.41) is 9.78. The normalized spacial score (nSPS) is 24.4. The molecule has 1 N–H and O–H groups in total. The topological polar surface area (TPSA) is 69.6 Å². The smallest absolute Gasteiger partial charge is 0.257 e. The molecule has 25 heavy (non-hydrogen) atoms. The molecule has 0 saturated carbocycles. The average molecular weight is 346 g/mol. The van der Waals surface area contributed by atoms with E-state index < -0.39 is 0 Å². The van der Waals surface area contributed by atoms with Crippen molar-refractivity contribution in [1.29, 1.82) is 0 Å². The van der Waals surface area contributed by atoms with E-state index in [1.165, 1.54) is 19.3 Å². The second-order valence-electron chi connectivity index (χ2n) is 7.56. The number of amides is 1. The number of aryl methyl sites for hydroxylation is 1. The maximum absolute atomic E-state index is 13.0. The van der Waals surface area contributed by atoms with E-state index in [2.05, 4.69) is 21.8 Å². The lowest BCUT2D eigenvalue weighted by Crippen LogP contribution is -2.47. The van der Waals surface area contributed by atoms with Gasteiger partial charge in [-0.1, -0.05) is 6.92 Å². The Bertz CT molecular complexity index is 609. The van der Waals surface area contributed by atoms with E-state index in [0.717, 1.165) is 50.5 Å². The summed E-state index contributed by atoms with van der Waals surface area (Å²) in [5.74, 6) is 0.735. The van der Waals surface area contributed by atoms with Crippen LogP contribution in [0.4, 0.5) is 5.95 Å². The van der Waals surface area contributed by atoms with Gasteiger partial charge >= 0.3 is 0 Å². The molecular formula is C19H30N4O2. The van der Waals surface area contributed by atoms with Crippen LogP contribution in [0.2, 0.25) is 0 Å². The summed E-state index contributed by atoms with van der Waals surface area (Å²) in [5.41, 5.74) is 1.18. The number of aliphatic hydroxyl groups excluding tert-OH is 1. The van der Waals surface area contributed by atoms with Gasteiger partial charge in [0.2, 0.25) is 5.95 Å². The first-order valence-corrected chi connectivity index (χ1v) is 9.57. The molecule has 138 valence electrons. The monoisotopic (exact) mass is 346 g/mol. The SMILES string of the molecule is CC[C@@]1(CO)CCCN(C(=O)c2cnc(N3CCCCC3)nc2C)C1. The van der Waals surface area contributed by atoms with Crippen molar-refractivity contribution in [2.45, 2.75) is 52.4 Å². The van der Waals surface area contributed by atoms with E-state index in [9.17, 15) is 9.90 Å². The van der Waals surface area contributed by atoms with Crippen molar-refractivity contribution in [3.63, 3.8) is 0 Å². The predicted octanol–water partition coefficient (Wildman–Crippen LogP) is 2.40. The highest BCUT2D eigenvalue weighted by atomic mass is 16.3. The predicted molar refractivity (Wildman–Crippen MR) is 97.8 cm³/mol. The number of anilines is 1. The van der Waals surface area contributed by atoms with Crippen LogP contribution in [0.25, 0.3) is 0 Å². The van der Waals surface area contributed by atoms with Gasteiger partial charge in [-0.15, -0.1) is 0 Å². The molecule has 0 aromatic carbocycles. The van der Waals surface area contributed by atoms with E-state index in [4.69, 9.17) is 0 Å². The minimum Gasteiger partial charge on any atom is -0.396 e. The van der Waals surface area contributed by atoms with Gasteiger partial charge in [-0.2, -0.15) is 0 Å². The Morgan fingerprint density at radius 1 is 1.24 bits per heavy atom. The summed E-state index contributed by atoms with van der Waals surface area (Å²) in [6.45, 7) is 7.47. The van der Waals surface area contributed by atoms with Crippen molar-refractivity contribution in [1.82, 2.24) is 14.9 Å². The van der Waals surface area contributed by atoms with Crippen LogP contribution in [0.5, 0.6) is 0 Å². The molecule has 3 rings (SSSR count). The van der Waals surface area contributed by atoms with Gasteiger partial charge in [0.25, 0.3) is 5.91 Å². The molecule has 6 heteroatoms. The highest BCUT2D eigenvalue weighted by Crippen LogP contribution is 2.33. The fourth-order valence-corrected chi connectivity index (χ4v) is 3.99. The molecule has 0 bridgehead atoms. The largest absolute Gasteiger partial charge is 0.396 e. The number of nitrogens with zero attached hydrogens (tertiary/aromatic N) is 4. The molecule has 0 unspecified atom stereocenters. The van der Waals surface area contributed by atoms with Crippen molar-refractivity contribution in [3.8, 4) is 0 Å². The van der Waals surface area contributed by atoms with E-state index in [1.807, 2.05) is 11.8 Å². The van der Waals surface area contributed by atoms with Crippen molar-refractivity contribution < 1.29 is 9.90 Å². The van der Waals surface area contributed by atoms with Gasteiger partial charge in [0.1, 0.15) is 0 Å². The summed E-state index contributed by atoms with van der Waals surface area (Å²) in [6, 6.07) is 0. The minimum atomic E-state index is -0.156. The van der Waals surface area contributed by atoms with Crippen molar-refractivity contribution in [2.24, 2.45) is 5.41 Å². The molecule has 3 heterocycles. The number of rotatable bonds is 4. The van der Waals surface area contributed by atoms with Crippen LogP contribution in [0, 0.1) is 12.3 Å². The number of likely N-dealkylation sites (tertiary alicyclic amines) is 1. The van der Waals surface area contributed by atoms with Crippen molar-refractivity contribution in [3.05, 3.63) is 17.5 Å². The highest BCUT2D eigenvalue weighted by Gasteiger charge is 2.36. The fourth-order valence-electron chi connectivity index (χ4n) is 3.99. The Labute approximate surface area is 150 Å². The maximum atomic E-state index is 13.0. The first-order chi connectivity index (χ1) is 12.1. The van der Waals surface area contributed by atoms with Crippen molar-refractivity contribution >= 4 is 11.9 Å². The quantitative estimate of drug-likeness (QED) is 0.906. The first kappa shape index (κ1) is 18.1. The number of carbonyl (C=O) groups is 1. The summed E-state index contributed by atoms with van der Waals surface area (Å²) < 4.78 is 0. The second kappa shape index (κ2) is 7.68. The van der Waals surface area contributed by atoms with Crippen LogP contribution in [0.3, 0.4) is 0 Å². The van der Waals surface area contributed by atoms with Crippen LogP contribution < -0.4 is 4.90 Å². The number of piperidine rings is 2. The van der Waals surface area contributed by atoms with E-state index in [-0.39, 0.29) is 17.9 Å². The molecule has 0 radical (unpaired) electrons. The van der Waals surface area contributed by atoms with Crippen LogP contribution in [0.15, 0.2) is 6.20 Å². The van der Waals surface area contributed by atoms with Crippen LogP contribution in [0.1, 0.15) is 61.5 Å². The average Bonchev–Trinajstić information content (AvgIpc) is 2.68. The Morgan fingerprint density at radius 2 is 2.00 bits per heavy atom. The lowest BCUT2D eigenvalue weighted by Gasteiger charge is -2.41. The molecular weight excluding hydrogens is 316 g/mol. The first-order valence-electron chi connectivity index (χ1n) is 9.57. The summed E-state index contributed by atoms with van der Waals surface area (Å²) in [4.78, 5) is 26.1. The molecule has 2 aliphatic heterocycles. The van der Waals surface area contributed by atoms with Gasteiger partial charge in [-0.3, -0.25) is 4.79 Å². The van der Waals surface area contributed by atoms with Crippen LogP contribution in [-0.2, 0) is 0 Å². The highest BCUT2D eigenvalue weighted by molar-refractivity contribution is 5.95. The van der Waals surface area contributed by atoms with Gasteiger partial charge < -0.3 is 14.9 Å². The van der Waals surface area contributed by atoms with E-state index in [0.29, 0.717) is 12.1 Å². The number of aromatic nitrogens is 2. The fraction of sp³-hybridized carbons (Fsp3) is 0.737. The summed E-state index contributed by atoms with van der Waals surface area (Å²) >= 11 is 0. The van der Waals surface area contributed by atoms with Crippen LogP contribution >= 0.6 is 0 Å². The third-order valence-electron chi connectivity index (χ3n) is 5.87. The number of hydrogen-bond donors (Lipinski definition) is 1. The van der Waals surface area contributed by atoms with Crippen molar-refractivity contribution in [2.75, 3.05) is 37.7 Å². The van der Waals surface area contributed by atoms with E-state index >= 15 is 0 Å². The Balaban J connectivity index is 1.75. The Morgan fingerprint density at radius 3 is 2.64 bits per heavy atom. The van der Waals surface area contributed by atoms with E-state index in [1.54, 1.807) is 6.20 Å². The molecule has 2 saturated heterocycles. The van der Waals surface area contributed by atoms with Gasteiger partial charge in [0.05, 0.1) is 17.9 Å². The zero-order valence-corrected chi connectivity index (χ0v) is 15.5. The Kier molecular flexibility index (Phi) is 5.57. The molecule has 1 aromatic heterocycles. The lowest BCUT2D eigenvalue weighted by atomic mass is 9.78. The standard InChI is InChI=1S/C19H30N4O2/c1-3-19(14-24)8-7-11-23(13-19)17(25)16-12-20-18(21-15(16)2)22-9-5-4-6-10-22/h12,24H,3-11,13-14H2,1-2H3/t19-/m1/s1. The van der Waals surface area contributed by atoms with Gasteiger partial charge in [0, 0.05) is 37.8 Å². The molecule has 1 amide bonds. The van der Waals surface area contributed by atoms with Gasteiger partial charge in [-0.25, -0.2) is 9.97 Å². The van der Waals surface area contributed by atoms with Gasteiger partial charge in [0.15, 0.2) is 0 Å². The Hall–Kier alpha value is -1.69. The van der Waals surface area contributed by atoms with Gasteiger partial charge in [-0.05, 0) is 45.4 Å². The lowest BCUT2D eigenvalue weighted by molar-refractivity contribution is 0.0251. The molecule has 0 aliphatic carbocycles. The third kappa shape index (κ3) is 3.78. The maximum Gasteiger partial charge on any atom is 0.257 e. The third-order valence-corrected chi connectivity index (χ3v) is 5.87. The zero-order valence-electron chi connectivity index (χ0n) is 15.5. The summed E-state index contributed by atoms with van der Waals surface area (Å²) in [7, 11) is 0. The number of carbonyl (C=O) groups excluding carboxylic acids is 1. The minimum absolute atomic E-state index is 0.00586. The molecule has 2 fully saturated rings. The zero-order chi connectivity index (χ0) is 17.9. The van der Waals surface area contributed by atoms with Crippen LogP contribution in [-0.4, -0.2) is 58.7 Å². The molecule has 0 spiro atoms. The molecule has 2 aliphatic rings. The molecule has 6 nitrogen and oxygen atoms in total. The molecule has 1 atom stereocenters. The summed E-state index contributed by atoms with van der Waals surface area (Å²) in [6.07, 6.45) is 8.12. The second-order valence-corrected chi connectivity index (χ2v) is 7.56.